The standard InChI is InChI=1S/C22H24N2O5/c1-2-28-18-10-6-9-17(13-18)22(27)24-12-11-23-21(26)19(24)14-20(25)29-15-16-7-4-3-5-8-16/h3-10,13,19H,2,11-12,14-15H2,1H3,(H,23,26)/t19-/m0/s1. The SMILES string of the molecule is CCOc1cccc(C(=O)N2CCNC(=O)[C@@H]2CC(=O)OCc2ccccc2)c1. The number of hydrogen-bond acceptors (Lipinski definition) is 5. The summed E-state index contributed by atoms with van der Waals surface area (Å²) < 4.78 is 10.7. The zero-order valence-electron chi connectivity index (χ0n) is 16.3. The van der Waals surface area contributed by atoms with Crippen molar-refractivity contribution in [2.24, 2.45) is 0 Å². The number of ether oxygens (including phenoxy) is 2. The monoisotopic (exact) mass is 396 g/mol. The first-order valence-corrected chi connectivity index (χ1v) is 9.59. The largest absolute Gasteiger partial charge is 0.494 e. The second-order valence-electron chi connectivity index (χ2n) is 6.62. The molecule has 1 heterocycles. The van der Waals surface area contributed by atoms with Gasteiger partial charge in [0.05, 0.1) is 13.0 Å². The summed E-state index contributed by atoms with van der Waals surface area (Å²) in [6.45, 7) is 3.13. The molecule has 3 rings (SSSR count). The van der Waals surface area contributed by atoms with Gasteiger partial charge in [-0.15, -0.1) is 0 Å². The summed E-state index contributed by atoms with van der Waals surface area (Å²) >= 11 is 0. The van der Waals surface area contributed by atoms with Crippen molar-refractivity contribution in [3.8, 4) is 5.75 Å². The highest BCUT2D eigenvalue weighted by Crippen LogP contribution is 2.19. The Morgan fingerprint density at radius 3 is 2.69 bits per heavy atom. The van der Waals surface area contributed by atoms with Crippen molar-refractivity contribution in [3.63, 3.8) is 0 Å². The fourth-order valence-corrected chi connectivity index (χ4v) is 3.17. The average molecular weight is 396 g/mol. The molecule has 1 aliphatic heterocycles. The van der Waals surface area contributed by atoms with Gasteiger partial charge in [0.2, 0.25) is 5.91 Å². The molecule has 152 valence electrons. The molecular weight excluding hydrogens is 372 g/mol. The molecule has 0 unspecified atom stereocenters. The van der Waals surface area contributed by atoms with Crippen LogP contribution < -0.4 is 10.1 Å². The maximum atomic E-state index is 13.0. The van der Waals surface area contributed by atoms with E-state index in [1.165, 1.54) is 4.90 Å². The van der Waals surface area contributed by atoms with Crippen LogP contribution in [0, 0.1) is 0 Å². The van der Waals surface area contributed by atoms with Crippen LogP contribution in [0.2, 0.25) is 0 Å². The van der Waals surface area contributed by atoms with E-state index >= 15 is 0 Å². The lowest BCUT2D eigenvalue weighted by Gasteiger charge is -2.34. The first kappa shape index (κ1) is 20.4. The van der Waals surface area contributed by atoms with Gasteiger partial charge in [0.15, 0.2) is 0 Å². The van der Waals surface area contributed by atoms with Crippen LogP contribution in [0.25, 0.3) is 0 Å². The number of hydrogen-bond donors (Lipinski definition) is 1. The van der Waals surface area contributed by atoms with Crippen molar-refractivity contribution in [1.29, 1.82) is 0 Å². The van der Waals surface area contributed by atoms with Crippen molar-refractivity contribution < 1.29 is 23.9 Å². The summed E-state index contributed by atoms with van der Waals surface area (Å²) in [6.07, 6.45) is -0.199. The summed E-state index contributed by atoms with van der Waals surface area (Å²) in [6, 6.07) is 15.2. The van der Waals surface area contributed by atoms with Crippen LogP contribution in [-0.2, 0) is 20.9 Å². The van der Waals surface area contributed by atoms with Gasteiger partial charge in [0.1, 0.15) is 18.4 Å². The lowest BCUT2D eigenvalue weighted by molar-refractivity contribution is -0.148. The average Bonchev–Trinajstić information content (AvgIpc) is 2.74. The number of nitrogens with zero attached hydrogens (tertiary/aromatic N) is 1. The first-order valence-electron chi connectivity index (χ1n) is 9.59. The minimum atomic E-state index is -0.907. The van der Waals surface area contributed by atoms with Crippen LogP contribution in [0.15, 0.2) is 54.6 Å². The van der Waals surface area contributed by atoms with Gasteiger partial charge >= 0.3 is 5.97 Å². The lowest BCUT2D eigenvalue weighted by atomic mass is 10.1. The molecule has 7 heteroatoms. The predicted molar refractivity (Wildman–Crippen MR) is 106 cm³/mol. The lowest BCUT2D eigenvalue weighted by Crippen LogP contribution is -2.57. The molecule has 0 aromatic heterocycles. The number of amides is 2. The Balaban J connectivity index is 1.68. The van der Waals surface area contributed by atoms with Crippen LogP contribution >= 0.6 is 0 Å². The summed E-state index contributed by atoms with van der Waals surface area (Å²) in [4.78, 5) is 39.1. The number of piperazine rings is 1. The Morgan fingerprint density at radius 2 is 1.93 bits per heavy atom. The molecule has 0 bridgehead atoms. The molecule has 1 aliphatic rings. The van der Waals surface area contributed by atoms with Gasteiger partial charge in [-0.1, -0.05) is 36.4 Å². The Labute approximate surface area is 169 Å². The Kier molecular flexibility index (Phi) is 6.84. The van der Waals surface area contributed by atoms with Crippen LogP contribution in [-0.4, -0.2) is 48.4 Å². The third kappa shape index (κ3) is 5.34. The summed E-state index contributed by atoms with van der Waals surface area (Å²) in [5.74, 6) is -0.625. The first-order chi connectivity index (χ1) is 14.1. The number of esters is 1. The summed E-state index contributed by atoms with van der Waals surface area (Å²) in [5, 5.41) is 2.71. The van der Waals surface area contributed by atoms with Gasteiger partial charge in [-0.05, 0) is 30.7 Å². The number of carbonyl (C=O) groups excluding carboxylic acids is 3. The molecule has 7 nitrogen and oxygen atoms in total. The van der Waals surface area contributed by atoms with Gasteiger partial charge in [0, 0.05) is 18.7 Å². The molecule has 1 saturated heterocycles. The molecule has 2 amide bonds. The second kappa shape index (κ2) is 9.73. The Bertz CT molecular complexity index is 869. The molecule has 1 N–H and O–H groups in total. The Morgan fingerprint density at radius 1 is 1.14 bits per heavy atom. The predicted octanol–water partition coefficient (Wildman–Crippen LogP) is 2.16. The van der Waals surface area contributed by atoms with E-state index in [0.29, 0.717) is 31.0 Å². The smallest absolute Gasteiger partial charge is 0.308 e. The molecule has 0 radical (unpaired) electrons. The van der Waals surface area contributed by atoms with E-state index in [1.807, 2.05) is 37.3 Å². The molecule has 0 saturated carbocycles. The normalized spacial score (nSPS) is 16.1. The van der Waals surface area contributed by atoms with Crippen molar-refractivity contribution in [2.45, 2.75) is 26.0 Å². The molecular formula is C22H24N2O5. The van der Waals surface area contributed by atoms with Crippen LogP contribution in [0.1, 0.15) is 29.3 Å². The minimum absolute atomic E-state index is 0.123. The van der Waals surface area contributed by atoms with E-state index in [4.69, 9.17) is 9.47 Å². The zero-order chi connectivity index (χ0) is 20.6. The van der Waals surface area contributed by atoms with Crippen molar-refractivity contribution >= 4 is 17.8 Å². The van der Waals surface area contributed by atoms with Gasteiger partial charge in [-0.2, -0.15) is 0 Å². The van der Waals surface area contributed by atoms with E-state index in [2.05, 4.69) is 5.32 Å². The van der Waals surface area contributed by atoms with Crippen LogP contribution in [0.3, 0.4) is 0 Å². The van der Waals surface area contributed by atoms with Crippen molar-refractivity contribution in [2.75, 3.05) is 19.7 Å². The third-order valence-corrected chi connectivity index (χ3v) is 4.59. The third-order valence-electron chi connectivity index (χ3n) is 4.59. The van der Waals surface area contributed by atoms with Crippen LogP contribution in [0.4, 0.5) is 0 Å². The summed E-state index contributed by atoms with van der Waals surface area (Å²) in [5.41, 5.74) is 1.27. The van der Waals surface area contributed by atoms with E-state index < -0.39 is 12.0 Å². The van der Waals surface area contributed by atoms with E-state index in [9.17, 15) is 14.4 Å². The summed E-state index contributed by atoms with van der Waals surface area (Å²) in [7, 11) is 0. The molecule has 29 heavy (non-hydrogen) atoms. The van der Waals surface area contributed by atoms with Crippen molar-refractivity contribution in [3.05, 3.63) is 65.7 Å². The minimum Gasteiger partial charge on any atom is -0.494 e. The highest BCUT2D eigenvalue weighted by atomic mass is 16.5. The van der Waals surface area contributed by atoms with Gasteiger partial charge in [-0.25, -0.2) is 0 Å². The van der Waals surface area contributed by atoms with E-state index in [1.54, 1.807) is 24.3 Å². The second-order valence-corrected chi connectivity index (χ2v) is 6.62. The van der Waals surface area contributed by atoms with E-state index in [-0.39, 0.29) is 24.8 Å². The molecule has 2 aromatic rings. The molecule has 0 aliphatic carbocycles. The van der Waals surface area contributed by atoms with Gasteiger partial charge < -0.3 is 19.7 Å². The topological polar surface area (TPSA) is 84.9 Å². The maximum Gasteiger partial charge on any atom is 0.308 e. The number of carbonyl (C=O) groups is 3. The fourth-order valence-electron chi connectivity index (χ4n) is 3.17. The van der Waals surface area contributed by atoms with E-state index in [0.717, 1.165) is 5.56 Å². The fraction of sp³-hybridized carbons (Fsp3) is 0.318. The number of nitrogens with one attached hydrogen (secondary N) is 1. The highest BCUT2D eigenvalue weighted by molar-refractivity contribution is 5.99. The van der Waals surface area contributed by atoms with Gasteiger partial charge in [0.25, 0.3) is 5.91 Å². The molecule has 2 aromatic carbocycles. The van der Waals surface area contributed by atoms with Crippen LogP contribution in [0.5, 0.6) is 5.75 Å². The zero-order valence-corrected chi connectivity index (χ0v) is 16.3. The molecule has 1 fully saturated rings. The van der Waals surface area contributed by atoms with Crippen molar-refractivity contribution in [1.82, 2.24) is 10.2 Å². The number of benzene rings is 2. The highest BCUT2D eigenvalue weighted by Gasteiger charge is 2.35. The number of rotatable bonds is 7. The van der Waals surface area contributed by atoms with Gasteiger partial charge in [-0.3, -0.25) is 14.4 Å². The molecule has 0 spiro atoms. The quantitative estimate of drug-likeness (QED) is 0.725. The molecule has 1 atom stereocenters. The maximum absolute atomic E-state index is 13.0. The Hall–Kier alpha value is -3.35.